The molecule has 0 rings (SSSR count). The molecule has 0 atom stereocenters. The second kappa shape index (κ2) is 3.79. The minimum atomic E-state index is -1.13. The van der Waals surface area contributed by atoms with Crippen LogP contribution in [-0.2, 0) is 0 Å². The lowest BCUT2D eigenvalue weighted by atomic mass is 10.7. The molecule has 1 nitrogen and oxygen atoms in total. The zero-order valence-corrected chi connectivity index (χ0v) is 11.6. The number of rotatable bonds is 3. The van der Waals surface area contributed by atoms with Crippen LogP contribution in [0.5, 0.6) is 0 Å². The van der Waals surface area contributed by atoms with Gasteiger partial charge in [-0.05, 0) is 13.1 Å². The zero-order chi connectivity index (χ0) is 9.99. The summed E-state index contributed by atoms with van der Waals surface area (Å²) in [4.78, 5) is 0. The van der Waals surface area contributed by atoms with Crippen LogP contribution in [0.4, 0.5) is 0 Å². The molecular weight excluding hydrogens is 178 g/mol. The predicted molar refractivity (Wildman–Crippen MR) is 63.3 cm³/mol. The molecule has 0 saturated carbocycles. The topological polar surface area (TPSA) is 3.24 Å². The van der Waals surface area contributed by atoms with Crippen LogP contribution < -0.4 is 0 Å². The van der Waals surface area contributed by atoms with E-state index in [1.54, 1.807) is 0 Å². The molecule has 0 aromatic carbocycles. The van der Waals surface area contributed by atoms with E-state index in [0.717, 1.165) is 0 Å². The van der Waals surface area contributed by atoms with Gasteiger partial charge in [0.1, 0.15) is 16.5 Å². The van der Waals surface area contributed by atoms with E-state index in [4.69, 9.17) is 0 Å². The molecule has 0 N–H and O–H groups in total. The van der Waals surface area contributed by atoms with E-state index in [2.05, 4.69) is 62.7 Å². The Bertz CT molecular complexity index is 148. The van der Waals surface area contributed by atoms with Crippen molar-refractivity contribution in [3.63, 3.8) is 0 Å². The fourth-order valence-electron chi connectivity index (χ4n) is 1.60. The number of hydrogen-bond donors (Lipinski definition) is 0. The smallest absolute Gasteiger partial charge is 0.138 e. The lowest BCUT2D eigenvalue weighted by molar-refractivity contribution is 0.829. The second-order valence-corrected chi connectivity index (χ2v) is 15.3. The van der Waals surface area contributed by atoms with Crippen molar-refractivity contribution in [2.45, 2.75) is 46.2 Å². The van der Waals surface area contributed by atoms with Gasteiger partial charge < -0.3 is 4.23 Å². The van der Waals surface area contributed by atoms with Crippen molar-refractivity contribution in [2.24, 2.45) is 0 Å². The monoisotopic (exact) mass is 201 g/mol. The summed E-state index contributed by atoms with van der Waals surface area (Å²) in [6.07, 6.45) is 4.45. The SMILES string of the molecule is C/C=C/N([Si](C)(C)C)[Si](C)(C)C. The van der Waals surface area contributed by atoms with E-state index in [0.29, 0.717) is 0 Å². The summed E-state index contributed by atoms with van der Waals surface area (Å²) in [5, 5.41) is 0. The van der Waals surface area contributed by atoms with Crippen LogP contribution in [0.2, 0.25) is 39.3 Å². The van der Waals surface area contributed by atoms with E-state index in [1.807, 2.05) is 0 Å². The van der Waals surface area contributed by atoms with Crippen molar-refractivity contribution >= 4 is 16.5 Å². The normalized spacial score (nSPS) is 13.9. The lowest BCUT2D eigenvalue weighted by Gasteiger charge is -2.43. The van der Waals surface area contributed by atoms with Gasteiger partial charge in [-0.1, -0.05) is 45.4 Å². The van der Waals surface area contributed by atoms with Crippen LogP contribution in [0.3, 0.4) is 0 Å². The van der Waals surface area contributed by atoms with E-state index >= 15 is 0 Å². The highest BCUT2D eigenvalue weighted by atomic mass is 28.4. The molecule has 0 heterocycles. The first-order chi connectivity index (χ1) is 5.19. The van der Waals surface area contributed by atoms with E-state index in [9.17, 15) is 0 Å². The van der Waals surface area contributed by atoms with Crippen molar-refractivity contribution < 1.29 is 0 Å². The average Bonchev–Trinajstić information content (AvgIpc) is 1.77. The van der Waals surface area contributed by atoms with Crippen molar-refractivity contribution in [1.29, 1.82) is 0 Å². The summed E-state index contributed by atoms with van der Waals surface area (Å²) in [5.41, 5.74) is 0. The second-order valence-electron chi connectivity index (χ2n) is 5.19. The molecule has 0 fully saturated rings. The van der Waals surface area contributed by atoms with Gasteiger partial charge in [0.15, 0.2) is 0 Å². The molecule has 0 unspecified atom stereocenters. The molecule has 0 aliphatic heterocycles. The predicted octanol–water partition coefficient (Wildman–Crippen LogP) is 3.49. The first kappa shape index (κ1) is 12.0. The summed E-state index contributed by atoms with van der Waals surface area (Å²) >= 11 is 0. The first-order valence-corrected chi connectivity index (χ1v) is 11.5. The molecule has 0 aliphatic carbocycles. The highest BCUT2D eigenvalue weighted by molar-refractivity contribution is 6.89. The Morgan fingerprint density at radius 2 is 1.17 bits per heavy atom. The van der Waals surface area contributed by atoms with Crippen LogP contribution in [0.1, 0.15) is 6.92 Å². The third-order valence-corrected chi connectivity index (χ3v) is 8.96. The number of allylic oxidation sites excluding steroid dienone is 1. The minimum absolute atomic E-state index is 1.13. The first-order valence-electron chi connectivity index (χ1n) is 4.62. The maximum atomic E-state index is 2.65. The molecule has 0 aromatic rings. The Hall–Kier alpha value is -0.0262. The van der Waals surface area contributed by atoms with Crippen LogP contribution in [0, 0.1) is 0 Å². The molecule has 0 bridgehead atoms. The van der Waals surface area contributed by atoms with Gasteiger partial charge in [0.2, 0.25) is 0 Å². The summed E-state index contributed by atoms with van der Waals surface area (Å²) in [6, 6.07) is 0. The Balaban J connectivity index is 4.69. The van der Waals surface area contributed by atoms with Crippen LogP contribution in [-0.4, -0.2) is 20.7 Å². The summed E-state index contributed by atoms with van der Waals surface area (Å²) in [5.74, 6) is 0. The van der Waals surface area contributed by atoms with Gasteiger partial charge in [0.05, 0.1) is 0 Å². The van der Waals surface area contributed by atoms with Gasteiger partial charge in [-0.25, -0.2) is 0 Å². The van der Waals surface area contributed by atoms with Gasteiger partial charge in [-0.3, -0.25) is 0 Å². The van der Waals surface area contributed by atoms with Crippen LogP contribution >= 0.6 is 0 Å². The molecule has 12 heavy (non-hydrogen) atoms. The summed E-state index contributed by atoms with van der Waals surface area (Å²) in [7, 11) is -2.27. The molecule has 0 aliphatic rings. The van der Waals surface area contributed by atoms with Crippen molar-refractivity contribution in [2.75, 3.05) is 0 Å². The number of hydrogen-bond acceptors (Lipinski definition) is 1. The van der Waals surface area contributed by atoms with Gasteiger partial charge >= 0.3 is 0 Å². The Morgan fingerprint density at radius 1 is 0.833 bits per heavy atom. The molecule has 0 amide bonds. The lowest BCUT2D eigenvalue weighted by Crippen LogP contribution is -2.55. The van der Waals surface area contributed by atoms with Gasteiger partial charge in [-0.15, -0.1) is 0 Å². The zero-order valence-electron chi connectivity index (χ0n) is 9.60. The highest BCUT2D eigenvalue weighted by Crippen LogP contribution is 2.19. The molecule has 0 saturated heterocycles. The molecule has 72 valence electrons. The van der Waals surface area contributed by atoms with Gasteiger partial charge in [0.25, 0.3) is 0 Å². The summed E-state index contributed by atoms with van der Waals surface area (Å²) < 4.78 is 2.65. The van der Waals surface area contributed by atoms with Crippen molar-refractivity contribution in [1.82, 2.24) is 4.23 Å². The molecule has 0 spiro atoms. The van der Waals surface area contributed by atoms with Gasteiger partial charge in [0, 0.05) is 0 Å². The van der Waals surface area contributed by atoms with Gasteiger partial charge in [-0.2, -0.15) is 0 Å². The molecule has 0 aromatic heterocycles. The molecule has 0 radical (unpaired) electrons. The minimum Gasteiger partial charge on any atom is -0.431 e. The molecule has 3 heteroatoms. The maximum Gasteiger partial charge on any atom is 0.138 e. The highest BCUT2D eigenvalue weighted by Gasteiger charge is 2.31. The van der Waals surface area contributed by atoms with E-state index in [-0.39, 0.29) is 0 Å². The fourth-order valence-corrected chi connectivity index (χ4v) is 10.8. The summed E-state index contributed by atoms with van der Waals surface area (Å²) in [6.45, 7) is 16.6. The quantitative estimate of drug-likeness (QED) is 0.632. The number of nitrogens with zero attached hydrogens (tertiary/aromatic N) is 1. The van der Waals surface area contributed by atoms with E-state index < -0.39 is 16.5 Å². The Morgan fingerprint density at radius 3 is 1.25 bits per heavy atom. The Kier molecular flexibility index (Phi) is 3.78. The standard InChI is InChI=1S/C9H23NSi2/c1-8-9-10(11(2,3)4)12(5,6)7/h8-9H,1-7H3/b9-8+. The Labute approximate surface area is 79.7 Å². The largest absolute Gasteiger partial charge is 0.431 e. The average molecular weight is 201 g/mol. The van der Waals surface area contributed by atoms with Crippen LogP contribution in [0.25, 0.3) is 0 Å². The van der Waals surface area contributed by atoms with Crippen molar-refractivity contribution in [3.8, 4) is 0 Å². The van der Waals surface area contributed by atoms with E-state index in [1.165, 1.54) is 0 Å². The van der Waals surface area contributed by atoms with Crippen LogP contribution in [0.15, 0.2) is 12.3 Å². The fraction of sp³-hybridized carbons (Fsp3) is 0.778. The van der Waals surface area contributed by atoms with Crippen molar-refractivity contribution in [3.05, 3.63) is 12.3 Å². The molecular formula is C9H23NSi2. The maximum absolute atomic E-state index is 2.65. The third kappa shape index (κ3) is 3.58. The third-order valence-electron chi connectivity index (χ3n) is 1.74.